The van der Waals surface area contributed by atoms with Crippen LogP contribution in [0.3, 0.4) is 0 Å². The highest BCUT2D eigenvalue weighted by Crippen LogP contribution is 2.26. The van der Waals surface area contributed by atoms with Crippen LogP contribution in [0.4, 0.5) is 14.6 Å². The van der Waals surface area contributed by atoms with Gasteiger partial charge in [0.15, 0.2) is 11.6 Å². The fourth-order valence-corrected chi connectivity index (χ4v) is 1.70. The number of aromatic nitrogens is 2. The van der Waals surface area contributed by atoms with Gasteiger partial charge in [0.25, 0.3) is 0 Å². The molecular formula is C11H10ClF2N3. The van der Waals surface area contributed by atoms with Crippen LogP contribution in [0.25, 0.3) is 0 Å². The van der Waals surface area contributed by atoms with Crippen LogP contribution in [0.2, 0.25) is 5.02 Å². The van der Waals surface area contributed by atoms with Gasteiger partial charge in [0.2, 0.25) is 0 Å². The fourth-order valence-electron chi connectivity index (χ4n) is 1.57. The predicted octanol–water partition coefficient (Wildman–Crippen LogP) is 3.01. The summed E-state index contributed by atoms with van der Waals surface area (Å²) in [7, 11) is 0. The number of nitrogens with two attached hydrogens (primary N) is 1. The lowest BCUT2D eigenvalue weighted by atomic mass is 10.1. The molecule has 2 N–H and O–H groups in total. The van der Waals surface area contributed by atoms with Crippen LogP contribution < -0.4 is 5.73 Å². The molecule has 2 aromatic rings. The number of anilines is 1. The molecule has 0 fully saturated rings. The summed E-state index contributed by atoms with van der Waals surface area (Å²) in [6.07, 6.45) is 1.41. The number of nitrogens with zero attached hydrogens (tertiary/aromatic N) is 2. The number of rotatable bonds is 2. The number of nitrogen functional groups attached to an aromatic ring is 1. The normalized spacial score (nSPS) is 12.7. The molecule has 0 saturated carbocycles. The highest BCUT2D eigenvalue weighted by Gasteiger charge is 2.15. The van der Waals surface area contributed by atoms with E-state index in [-0.39, 0.29) is 6.04 Å². The number of halogens is 3. The van der Waals surface area contributed by atoms with Gasteiger partial charge in [-0.2, -0.15) is 5.10 Å². The first kappa shape index (κ1) is 11.9. The van der Waals surface area contributed by atoms with Gasteiger partial charge in [0, 0.05) is 0 Å². The van der Waals surface area contributed by atoms with Gasteiger partial charge in [-0.05, 0) is 24.6 Å². The van der Waals surface area contributed by atoms with Crippen molar-refractivity contribution in [3.8, 4) is 0 Å². The van der Waals surface area contributed by atoms with Crippen molar-refractivity contribution in [1.82, 2.24) is 9.78 Å². The van der Waals surface area contributed by atoms with E-state index in [1.807, 2.05) is 0 Å². The first-order valence-electron chi connectivity index (χ1n) is 4.94. The summed E-state index contributed by atoms with van der Waals surface area (Å²) in [5.41, 5.74) is 6.27. The third-order valence-electron chi connectivity index (χ3n) is 2.58. The van der Waals surface area contributed by atoms with E-state index in [1.54, 1.807) is 6.92 Å². The summed E-state index contributed by atoms with van der Waals surface area (Å²) in [6.45, 7) is 1.77. The van der Waals surface area contributed by atoms with E-state index in [1.165, 1.54) is 16.9 Å². The maximum atomic E-state index is 13.1. The Hall–Kier alpha value is -1.62. The van der Waals surface area contributed by atoms with E-state index in [2.05, 4.69) is 5.10 Å². The first-order chi connectivity index (χ1) is 8.00. The molecule has 3 nitrogen and oxygen atoms in total. The van der Waals surface area contributed by atoms with Crippen molar-refractivity contribution in [1.29, 1.82) is 0 Å². The molecule has 0 bridgehead atoms. The molecule has 2 rings (SSSR count). The van der Waals surface area contributed by atoms with Crippen molar-refractivity contribution in [3.63, 3.8) is 0 Å². The van der Waals surface area contributed by atoms with Crippen LogP contribution in [0.1, 0.15) is 18.5 Å². The molecule has 0 aliphatic heterocycles. The molecule has 17 heavy (non-hydrogen) atoms. The number of hydrogen-bond donors (Lipinski definition) is 1. The molecule has 6 heteroatoms. The monoisotopic (exact) mass is 257 g/mol. The minimum atomic E-state index is -0.897. The maximum absolute atomic E-state index is 13.1. The zero-order chi connectivity index (χ0) is 12.6. The van der Waals surface area contributed by atoms with Crippen LogP contribution in [0, 0.1) is 11.6 Å². The summed E-state index contributed by atoms with van der Waals surface area (Å²) in [5, 5.41) is 4.32. The molecule has 0 spiro atoms. The van der Waals surface area contributed by atoms with E-state index in [0.29, 0.717) is 16.4 Å². The Balaban J connectivity index is 2.40. The standard InChI is InChI=1S/C11H10ClF2N3/c1-6(17-11(15)8(12)5-16-17)7-2-3-9(13)10(14)4-7/h2-6H,15H2,1H3. The molecule has 0 amide bonds. The zero-order valence-electron chi connectivity index (χ0n) is 8.99. The Kier molecular flexibility index (Phi) is 3.02. The maximum Gasteiger partial charge on any atom is 0.159 e. The van der Waals surface area contributed by atoms with E-state index in [9.17, 15) is 8.78 Å². The van der Waals surface area contributed by atoms with Gasteiger partial charge in [-0.3, -0.25) is 0 Å². The molecule has 1 unspecified atom stereocenters. The Morgan fingerprint density at radius 2 is 2.06 bits per heavy atom. The summed E-state index contributed by atoms with van der Waals surface area (Å²) in [4.78, 5) is 0. The highest BCUT2D eigenvalue weighted by atomic mass is 35.5. The quantitative estimate of drug-likeness (QED) is 0.899. The molecule has 0 radical (unpaired) electrons. The summed E-state index contributed by atoms with van der Waals surface area (Å²) in [5.74, 6) is -1.48. The topological polar surface area (TPSA) is 43.8 Å². The molecule has 1 heterocycles. The number of hydrogen-bond acceptors (Lipinski definition) is 2. The van der Waals surface area contributed by atoms with Crippen molar-refractivity contribution >= 4 is 17.4 Å². The minimum absolute atomic E-state index is 0.295. The van der Waals surface area contributed by atoms with E-state index < -0.39 is 11.6 Å². The lowest BCUT2D eigenvalue weighted by molar-refractivity contribution is 0.500. The Bertz CT molecular complexity index is 554. The SMILES string of the molecule is CC(c1ccc(F)c(F)c1)n1ncc(Cl)c1N. The number of benzene rings is 1. The van der Waals surface area contributed by atoms with Crippen molar-refractivity contribution in [3.05, 3.63) is 46.6 Å². The average Bonchev–Trinajstić information content (AvgIpc) is 2.63. The third-order valence-corrected chi connectivity index (χ3v) is 2.87. The molecule has 0 saturated heterocycles. The largest absolute Gasteiger partial charge is 0.383 e. The van der Waals surface area contributed by atoms with Crippen LogP contribution >= 0.6 is 11.6 Å². The zero-order valence-corrected chi connectivity index (χ0v) is 9.75. The van der Waals surface area contributed by atoms with Gasteiger partial charge in [-0.1, -0.05) is 17.7 Å². The first-order valence-corrected chi connectivity index (χ1v) is 5.32. The van der Waals surface area contributed by atoms with Gasteiger partial charge in [0.1, 0.15) is 10.8 Å². The van der Waals surface area contributed by atoms with Crippen LogP contribution in [-0.2, 0) is 0 Å². The van der Waals surface area contributed by atoms with Gasteiger partial charge < -0.3 is 5.73 Å². The lowest BCUT2D eigenvalue weighted by Gasteiger charge is -2.14. The second kappa shape index (κ2) is 4.33. The Morgan fingerprint density at radius 1 is 1.35 bits per heavy atom. The summed E-state index contributed by atoms with van der Waals surface area (Å²) in [6, 6.07) is 3.35. The second-order valence-electron chi connectivity index (χ2n) is 3.67. The molecule has 0 aliphatic rings. The Morgan fingerprint density at radius 3 is 2.59 bits per heavy atom. The molecule has 1 aromatic heterocycles. The van der Waals surface area contributed by atoms with Crippen molar-refractivity contribution in [2.45, 2.75) is 13.0 Å². The highest BCUT2D eigenvalue weighted by molar-refractivity contribution is 6.32. The fraction of sp³-hybridized carbons (Fsp3) is 0.182. The van der Waals surface area contributed by atoms with E-state index in [0.717, 1.165) is 12.1 Å². The van der Waals surface area contributed by atoms with Gasteiger partial charge >= 0.3 is 0 Å². The smallest absolute Gasteiger partial charge is 0.159 e. The average molecular weight is 258 g/mol. The van der Waals surface area contributed by atoms with Gasteiger partial charge in [0.05, 0.1) is 12.2 Å². The van der Waals surface area contributed by atoms with E-state index in [4.69, 9.17) is 17.3 Å². The van der Waals surface area contributed by atoms with Crippen molar-refractivity contribution < 1.29 is 8.78 Å². The summed E-state index contributed by atoms with van der Waals surface area (Å²) < 4.78 is 27.4. The third kappa shape index (κ3) is 2.10. The second-order valence-corrected chi connectivity index (χ2v) is 4.08. The van der Waals surface area contributed by atoms with Gasteiger partial charge in [-0.15, -0.1) is 0 Å². The van der Waals surface area contributed by atoms with Crippen LogP contribution in [-0.4, -0.2) is 9.78 Å². The van der Waals surface area contributed by atoms with Gasteiger partial charge in [-0.25, -0.2) is 13.5 Å². The molecule has 1 aromatic carbocycles. The van der Waals surface area contributed by atoms with Crippen LogP contribution in [0.15, 0.2) is 24.4 Å². The molecule has 0 aliphatic carbocycles. The van der Waals surface area contributed by atoms with Crippen molar-refractivity contribution in [2.75, 3.05) is 5.73 Å². The Labute approximate surface area is 102 Å². The molecule has 1 atom stereocenters. The summed E-state index contributed by atoms with van der Waals surface area (Å²) >= 11 is 5.78. The molecule has 90 valence electrons. The predicted molar refractivity (Wildman–Crippen MR) is 61.8 cm³/mol. The van der Waals surface area contributed by atoms with Crippen LogP contribution in [0.5, 0.6) is 0 Å². The minimum Gasteiger partial charge on any atom is -0.383 e. The lowest BCUT2D eigenvalue weighted by Crippen LogP contribution is -2.11. The van der Waals surface area contributed by atoms with E-state index >= 15 is 0 Å². The molecular weight excluding hydrogens is 248 g/mol. The van der Waals surface area contributed by atoms with Crippen molar-refractivity contribution in [2.24, 2.45) is 0 Å².